The first-order chi connectivity index (χ1) is 33.1. The minimum Gasteiger partial charge on any atom is -0.408 e. The Hall–Kier alpha value is -7.97. The molecule has 0 unspecified atom stereocenters. The maximum Gasteiger partial charge on any atom is 0.530 e. The highest BCUT2D eigenvalue weighted by molar-refractivity contribution is 7.43. The zero-order valence-corrected chi connectivity index (χ0v) is 38.2. The lowest BCUT2D eigenvalue weighted by Gasteiger charge is -2.36. The smallest absolute Gasteiger partial charge is 0.408 e. The molecule has 4 heteroatoms. The fourth-order valence-corrected chi connectivity index (χ4v) is 10.7. The Labute approximate surface area is 396 Å². The molecule has 3 nitrogen and oxygen atoms in total. The van der Waals surface area contributed by atoms with Crippen LogP contribution in [0.5, 0.6) is 17.2 Å². The van der Waals surface area contributed by atoms with Crippen LogP contribution in [0.2, 0.25) is 0 Å². The van der Waals surface area contributed by atoms with E-state index in [1.54, 1.807) is 0 Å². The lowest BCUT2D eigenvalue weighted by atomic mass is 9.69. The van der Waals surface area contributed by atoms with Gasteiger partial charge >= 0.3 is 8.60 Å². The van der Waals surface area contributed by atoms with Crippen molar-refractivity contribution in [3.63, 3.8) is 0 Å². The fourth-order valence-electron chi connectivity index (χ4n) is 9.59. The molecule has 0 fully saturated rings. The van der Waals surface area contributed by atoms with Crippen molar-refractivity contribution in [2.45, 2.75) is 16.2 Å². The minimum atomic E-state index is -2.31. The van der Waals surface area contributed by atoms with Crippen molar-refractivity contribution in [2.24, 2.45) is 0 Å². The molecule has 0 amide bonds. The van der Waals surface area contributed by atoms with Crippen molar-refractivity contribution >= 4 is 8.60 Å². The van der Waals surface area contributed by atoms with E-state index < -0.39 is 24.8 Å². The summed E-state index contributed by atoms with van der Waals surface area (Å²) in [7, 11) is -2.31. The van der Waals surface area contributed by atoms with Gasteiger partial charge in [0.2, 0.25) is 0 Å². The summed E-state index contributed by atoms with van der Waals surface area (Å²) in [5.41, 5.74) is 6.44. The predicted molar refractivity (Wildman–Crippen MR) is 277 cm³/mol. The molecule has 9 aromatic carbocycles. The van der Waals surface area contributed by atoms with E-state index in [0.717, 1.165) is 50.1 Å². The summed E-state index contributed by atoms with van der Waals surface area (Å²) in [6.45, 7) is 13.5. The van der Waals surface area contributed by atoms with Crippen molar-refractivity contribution in [2.75, 3.05) is 0 Å². The maximum absolute atomic E-state index is 7.35. The first kappa shape index (κ1) is 44.2. The van der Waals surface area contributed by atoms with E-state index in [-0.39, 0.29) is 0 Å². The van der Waals surface area contributed by atoms with Crippen LogP contribution in [0.15, 0.2) is 293 Å². The van der Waals surface area contributed by atoms with Gasteiger partial charge in [-0.15, -0.1) is 19.7 Å². The van der Waals surface area contributed by atoms with E-state index in [4.69, 9.17) is 13.6 Å². The van der Waals surface area contributed by atoms with E-state index >= 15 is 0 Å². The highest BCUT2D eigenvalue weighted by Gasteiger charge is 2.41. The zero-order chi connectivity index (χ0) is 45.9. The first-order valence-corrected chi connectivity index (χ1v) is 23.5. The number of benzene rings is 9. The van der Waals surface area contributed by atoms with Gasteiger partial charge in [0.25, 0.3) is 0 Å². The number of allylic oxidation sites excluding steroid dienone is 3. The summed E-state index contributed by atoms with van der Waals surface area (Å²) < 4.78 is 22.1. The van der Waals surface area contributed by atoms with Gasteiger partial charge < -0.3 is 13.6 Å². The molecule has 0 aliphatic carbocycles. The van der Waals surface area contributed by atoms with Crippen molar-refractivity contribution in [1.29, 1.82) is 0 Å². The molecule has 0 radical (unpaired) electrons. The van der Waals surface area contributed by atoms with Gasteiger partial charge in [0, 0.05) is 16.7 Å². The van der Waals surface area contributed by atoms with Crippen LogP contribution in [-0.2, 0) is 16.2 Å². The van der Waals surface area contributed by atoms with Gasteiger partial charge in [-0.05, 0) is 51.6 Å². The molecule has 0 heterocycles. The van der Waals surface area contributed by atoms with Crippen molar-refractivity contribution in [1.82, 2.24) is 0 Å². The Balaban J connectivity index is 1.26. The van der Waals surface area contributed by atoms with E-state index in [0.29, 0.717) is 17.2 Å². The van der Waals surface area contributed by atoms with Crippen LogP contribution in [0.4, 0.5) is 0 Å². The average molecular weight is 887 g/mol. The van der Waals surface area contributed by atoms with Crippen LogP contribution >= 0.6 is 8.60 Å². The largest absolute Gasteiger partial charge is 0.530 e. The van der Waals surface area contributed by atoms with Gasteiger partial charge in [0.1, 0.15) is 17.2 Å². The molecule has 326 valence electrons. The molecule has 9 aromatic rings. The molecule has 0 N–H and O–H groups in total. The van der Waals surface area contributed by atoms with E-state index in [1.165, 1.54) is 0 Å². The lowest BCUT2D eigenvalue weighted by Crippen LogP contribution is -2.28. The first-order valence-electron chi connectivity index (χ1n) is 22.4. The van der Waals surface area contributed by atoms with E-state index in [2.05, 4.69) is 184 Å². The van der Waals surface area contributed by atoms with Crippen LogP contribution in [0.3, 0.4) is 0 Å². The van der Waals surface area contributed by atoms with E-state index in [1.807, 2.05) is 109 Å². The van der Waals surface area contributed by atoms with Gasteiger partial charge in [-0.2, -0.15) is 0 Å². The molecular formula is C63H51O3P. The van der Waals surface area contributed by atoms with Crippen LogP contribution in [-0.4, -0.2) is 0 Å². The molecular weight excluding hydrogens is 836 g/mol. The molecule has 67 heavy (non-hydrogen) atoms. The number of hydrogen-bond acceptors (Lipinski definition) is 3. The summed E-state index contributed by atoms with van der Waals surface area (Å²) in [6.07, 6.45) is 6.01. The van der Waals surface area contributed by atoms with Crippen LogP contribution in [0, 0.1) is 0 Å². The van der Waals surface area contributed by atoms with Gasteiger partial charge in [-0.25, -0.2) is 0 Å². The maximum atomic E-state index is 7.35. The topological polar surface area (TPSA) is 27.7 Å². The van der Waals surface area contributed by atoms with Crippen molar-refractivity contribution < 1.29 is 13.6 Å². The molecule has 0 aliphatic heterocycles. The molecule has 0 saturated carbocycles. The SMILES string of the molecule is C=CC(c1ccccc1)(c1ccccc1)c1ccccc1OP(Oc1ccccc1C(C=C)(c1ccccc1)c1ccccc1)Oc1ccccc1C(C=C)(c1ccccc1)c1ccccc1. The highest BCUT2D eigenvalue weighted by atomic mass is 31.2. The summed E-state index contributed by atoms with van der Waals surface area (Å²) >= 11 is 0. The second kappa shape index (κ2) is 20.0. The normalized spacial score (nSPS) is 11.6. The number of rotatable bonds is 18. The second-order valence-corrected chi connectivity index (χ2v) is 17.2. The van der Waals surface area contributed by atoms with Crippen LogP contribution in [0.1, 0.15) is 50.1 Å². The van der Waals surface area contributed by atoms with Gasteiger partial charge in [-0.1, -0.05) is 255 Å². The molecule has 0 atom stereocenters. The third-order valence-corrected chi connectivity index (χ3v) is 13.8. The highest BCUT2D eigenvalue weighted by Crippen LogP contribution is 2.54. The third kappa shape index (κ3) is 8.31. The van der Waals surface area contributed by atoms with Crippen molar-refractivity contribution in [3.8, 4) is 17.2 Å². The summed E-state index contributed by atoms with van der Waals surface area (Å²) in [4.78, 5) is 0. The number of hydrogen-bond donors (Lipinski definition) is 0. The van der Waals surface area contributed by atoms with Gasteiger partial charge in [-0.3, -0.25) is 0 Å². The summed E-state index contributed by atoms with van der Waals surface area (Å²) in [6, 6.07) is 86.9. The predicted octanol–water partition coefficient (Wildman–Crippen LogP) is 16.0. The molecule has 0 saturated heterocycles. The van der Waals surface area contributed by atoms with Gasteiger partial charge in [0.15, 0.2) is 0 Å². The Kier molecular flexibility index (Phi) is 13.2. The van der Waals surface area contributed by atoms with Crippen LogP contribution < -0.4 is 13.6 Å². The van der Waals surface area contributed by atoms with Crippen LogP contribution in [0.25, 0.3) is 0 Å². The Bertz CT molecular complexity index is 2590. The minimum absolute atomic E-state index is 0.582. The van der Waals surface area contributed by atoms with E-state index in [9.17, 15) is 0 Å². The third-order valence-electron chi connectivity index (χ3n) is 12.7. The molecule has 0 aliphatic rings. The number of para-hydroxylation sites is 3. The van der Waals surface area contributed by atoms with Crippen molar-refractivity contribution in [3.05, 3.63) is 343 Å². The Morgan fingerprint density at radius 2 is 0.433 bits per heavy atom. The average Bonchev–Trinajstić information content (AvgIpc) is 3.41. The van der Waals surface area contributed by atoms with Gasteiger partial charge in [0.05, 0.1) is 16.2 Å². The monoisotopic (exact) mass is 886 g/mol. The summed E-state index contributed by atoms with van der Waals surface area (Å²) in [5, 5.41) is 0. The Morgan fingerprint density at radius 1 is 0.254 bits per heavy atom. The molecule has 0 bridgehead atoms. The molecule has 0 aromatic heterocycles. The fraction of sp³-hybridized carbons (Fsp3) is 0.0476. The molecule has 9 rings (SSSR count). The Morgan fingerprint density at radius 3 is 0.627 bits per heavy atom. The second-order valence-electron chi connectivity index (χ2n) is 16.2. The molecule has 0 spiro atoms. The standard InChI is InChI=1S/C63H51O3P/c1-4-61(49-31-13-7-14-32-49,50-33-15-8-16-34-50)55-43-25-28-46-58(55)64-67(65-59-47-29-26-44-56(59)62(5-2,51-35-17-9-18-36-51)52-37-19-10-20-38-52)66-60-48-30-27-45-57(60)63(6-3,53-39-21-11-22-40-53)54-41-23-12-24-42-54/h4-48H,1-3H2. The summed E-state index contributed by atoms with van der Waals surface area (Å²) in [5.74, 6) is 1.75. The quantitative estimate of drug-likeness (QED) is 0.0488. The zero-order valence-electron chi connectivity index (χ0n) is 37.3. The lowest BCUT2D eigenvalue weighted by molar-refractivity contribution is 0.379.